The molecule has 0 heterocycles. The van der Waals surface area contributed by atoms with Gasteiger partial charge in [-0.1, -0.05) is 20.8 Å². The van der Waals surface area contributed by atoms with Crippen LogP contribution in [-0.4, -0.2) is 32.5 Å². The lowest BCUT2D eigenvalue weighted by Crippen LogP contribution is -2.45. The van der Waals surface area contributed by atoms with Crippen molar-refractivity contribution >= 4 is 20.3 Å². The molecule has 0 spiro atoms. The minimum Gasteiger partial charge on any atom is -0.444 e. The van der Waals surface area contributed by atoms with Crippen molar-refractivity contribution in [3.8, 4) is 0 Å². The van der Waals surface area contributed by atoms with Crippen LogP contribution in [0.3, 0.4) is 0 Å². The number of amides is 2. The number of carbonyl (C=O) groups is 2. The molecule has 0 atom stereocenters. The van der Waals surface area contributed by atoms with Crippen molar-refractivity contribution in [2.24, 2.45) is 0 Å². The fourth-order valence-corrected chi connectivity index (χ4v) is 1.84. The Labute approximate surface area is 117 Å². The number of rotatable bonds is 3. The van der Waals surface area contributed by atoms with E-state index in [9.17, 15) is 9.59 Å². The van der Waals surface area contributed by atoms with E-state index >= 15 is 0 Å². The van der Waals surface area contributed by atoms with Gasteiger partial charge in [0, 0.05) is 0 Å². The van der Waals surface area contributed by atoms with Crippen LogP contribution in [0.25, 0.3) is 0 Å². The molecule has 1 N–H and O–H groups in total. The van der Waals surface area contributed by atoms with Crippen LogP contribution in [0.5, 0.6) is 0 Å². The van der Waals surface area contributed by atoms with E-state index in [4.69, 9.17) is 9.16 Å². The molecule has 0 rings (SSSR count). The zero-order valence-corrected chi connectivity index (χ0v) is 14.3. The molecule has 0 radical (unpaired) electrons. The first-order valence-corrected chi connectivity index (χ1v) is 9.32. The molecular formula is C13H27NO4Si. The topological polar surface area (TPSA) is 64.6 Å². The molecule has 0 unspecified atom stereocenters. The molecule has 6 heteroatoms. The van der Waals surface area contributed by atoms with Gasteiger partial charge in [-0.05, 0) is 38.9 Å². The van der Waals surface area contributed by atoms with Crippen LogP contribution in [0.1, 0.15) is 41.5 Å². The second-order valence-corrected chi connectivity index (χ2v) is 11.9. The maximum Gasteiger partial charge on any atom is 0.414 e. The zero-order valence-electron chi connectivity index (χ0n) is 13.3. The Morgan fingerprint density at radius 3 is 1.89 bits per heavy atom. The average Bonchev–Trinajstić information content (AvgIpc) is 2.09. The van der Waals surface area contributed by atoms with Crippen LogP contribution in [0.2, 0.25) is 18.1 Å². The highest BCUT2D eigenvalue weighted by molar-refractivity contribution is 6.74. The van der Waals surface area contributed by atoms with Crippen molar-refractivity contribution < 1.29 is 18.8 Å². The summed E-state index contributed by atoms with van der Waals surface area (Å²) in [5.41, 5.74) is -0.620. The van der Waals surface area contributed by atoms with Gasteiger partial charge in [0.15, 0.2) is 8.32 Å². The number of hydrogen-bond acceptors (Lipinski definition) is 4. The predicted molar refractivity (Wildman–Crippen MR) is 77.5 cm³/mol. The Morgan fingerprint density at radius 1 is 1.05 bits per heavy atom. The SMILES string of the molecule is CC(C)(C)OC(=O)NC(=O)CO[Si](C)(C)C(C)(C)C. The number of nitrogens with one attached hydrogen (secondary N) is 1. The van der Waals surface area contributed by atoms with Gasteiger partial charge < -0.3 is 9.16 Å². The Hall–Kier alpha value is -0.883. The average molecular weight is 289 g/mol. The lowest BCUT2D eigenvalue weighted by Gasteiger charge is -2.35. The van der Waals surface area contributed by atoms with Crippen molar-refractivity contribution in [3.63, 3.8) is 0 Å². The molecule has 112 valence electrons. The summed E-state index contributed by atoms with van der Waals surface area (Å²) in [6.07, 6.45) is -0.740. The van der Waals surface area contributed by atoms with Crippen molar-refractivity contribution in [3.05, 3.63) is 0 Å². The van der Waals surface area contributed by atoms with Gasteiger partial charge in [-0.15, -0.1) is 0 Å². The molecule has 0 aromatic heterocycles. The lowest BCUT2D eigenvalue weighted by molar-refractivity contribution is -0.123. The van der Waals surface area contributed by atoms with Crippen molar-refractivity contribution in [1.82, 2.24) is 5.32 Å². The fourth-order valence-electron chi connectivity index (χ4n) is 0.916. The predicted octanol–water partition coefficient (Wildman–Crippen LogP) is 3.06. The fraction of sp³-hybridized carbons (Fsp3) is 0.846. The first kappa shape index (κ1) is 18.1. The minimum atomic E-state index is -1.98. The summed E-state index contributed by atoms with van der Waals surface area (Å²) >= 11 is 0. The van der Waals surface area contributed by atoms with Crippen LogP contribution >= 0.6 is 0 Å². The number of ether oxygens (including phenoxy) is 1. The maximum atomic E-state index is 11.6. The number of imide groups is 1. The van der Waals surface area contributed by atoms with E-state index in [-0.39, 0.29) is 11.6 Å². The van der Waals surface area contributed by atoms with Crippen LogP contribution in [0, 0.1) is 0 Å². The second-order valence-electron chi connectivity index (χ2n) is 7.10. The molecule has 2 amide bonds. The summed E-state index contributed by atoms with van der Waals surface area (Å²) in [5.74, 6) is -0.473. The highest BCUT2D eigenvalue weighted by atomic mass is 28.4. The minimum absolute atomic E-state index is 0.0270. The second kappa shape index (κ2) is 6.05. The van der Waals surface area contributed by atoms with Crippen LogP contribution in [-0.2, 0) is 14.0 Å². The van der Waals surface area contributed by atoms with Crippen LogP contribution in [0.15, 0.2) is 0 Å². The van der Waals surface area contributed by atoms with Gasteiger partial charge in [0.25, 0.3) is 5.91 Å². The Morgan fingerprint density at radius 2 is 1.53 bits per heavy atom. The molecule has 0 saturated heterocycles. The highest BCUT2D eigenvalue weighted by Crippen LogP contribution is 2.36. The molecule has 0 aliphatic carbocycles. The molecule has 0 aliphatic rings. The van der Waals surface area contributed by atoms with E-state index in [2.05, 4.69) is 26.1 Å². The summed E-state index contributed by atoms with van der Waals surface area (Å²) in [7, 11) is -1.98. The molecule has 19 heavy (non-hydrogen) atoms. The van der Waals surface area contributed by atoms with Gasteiger partial charge in [-0.25, -0.2) is 4.79 Å². The van der Waals surface area contributed by atoms with Gasteiger partial charge in [0.2, 0.25) is 0 Å². The Bertz CT molecular complexity index is 340. The summed E-state index contributed by atoms with van der Waals surface area (Å²) in [5, 5.41) is 2.18. The molecule has 0 fully saturated rings. The summed E-state index contributed by atoms with van der Waals surface area (Å²) in [6.45, 7) is 15.5. The number of carbonyl (C=O) groups excluding carboxylic acids is 2. The third kappa shape index (κ3) is 7.32. The van der Waals surface area contributed by atoms with Crippen LogP contribution in [0.4, 0.5) is 4.79 Å². The van der Waals surface area contributed by atoms with Gasteiger partial charge >= 0.3 is 6.09 Å². The molecule has 0 aliphatic heterocycles. The first-order valence-electron chi connectivity index (χ1n) is 6.41. The van der Waals surface area contributed by atoms with Crippen molar-refractivity contribution in [2.75, 3.05) is 6.61 Å². The molecule has 5 nitrogen and oxygen atoms in total. The van der Waals surface area contributed by atoms with Gasteiger partial charge in [-0.3, -0.25) is 10.1 Å². The third-order valence-corrected chi connectivity index (χ3v) is 7.49. The van der Waals surface area contributed by atoms with E-state index in [1.807, 2.05) is 13.1 Å². The third-order valence-electron chi connectivity index (χ3n) is 3.01. The largest absolute Gasteiger partial charge is 0.444 e. The number of alkyl carbamates (subject to hydrolysis) is 1. The monoisotopic (exact) mass is 289 g/mol. The van der Waals surface area contributed by atoms with Gasteiger partial charge in [-0.2, -0.15) is 0 Å². The molecule has 0 aromatic carbocycles. The normalized spacial score (nSPS) is 13.1. The van der Waals surface area contributed by atoms with Gasteiger partial charge in [0.1, 0.15) is 12.2 Å². The van der Waals surface area contributed by atoms with Crippen LogP contribution < -0.4 is 5.32 Å². The smallest absolute Gasteiger partial charge is 0.414 e. The Kier molecular flexibility index (Phi) is 5.77. The first-order chi connectivity index (χ1) is 8.24. The highest BCUT2D eigenvalue weighted by Gasteiger charge is 2.37. The quantitative estimate of drug-likeness (QED) is 0.811. The standard InChI is InChI=1S/C13H27NO4Si/c1-12(2,3)18-11(16)14-10(15)9-17-19(7,8)13(4,5)6/h9H2,1-8H3,(H,14,15,16). The van der Waals surface area contributed by atoms with E-state index < -0.39 is 25.9 Å². The van der Waals surface area contributed by atoms with E-state index in [1.165, 1.54) is 0 Å². The number of hydrogen-bond donors (Lipinski definition) is 1. The summed E-state index contributed by atoms with van der Waals surface area (Å²) in [6, 6.07) is 0. The Balaban J connectivity index is 4.25. The van der Waals surface area contributed by atoms with E-state index in [0.29, 0.717) is 0 Å². The molecule has 0 bridgehead atoms. The lowest BCUT2D eigenvalue weighted by atomic mass is 10.2. The van der Waals surface area contributed by atoms with Crippen molar-refractivity contribution in [2.45, 2.75) is 65.3 Å². The molecule has 0 aromatic rings. The van der Waals surface area contributed by atoms with E-state index in [0.717, 1.165) is 0 Å². The van der Waals surface area contributed by atoms with E-state index in [1.54, 1.807) is 20.8 Å². The van der Waals surface area contributed by atoms with Gasteiger partial charge in [0.05, 0.1) is 0 Å². The maximum absolute atomic E-state index is 11.6. The summed E-state index contributed by atoms with van der Waals surface area (Å²) < 4.78 is 10.7. The summed E-state index contributed by atoms with van der Waals surface area (Å²) in [4.78, 5) is 23.0. The van der Waals surface area contributed by atoms with Crippen molar-refractivity contribution in [1.29, 1.82) is 0 Å². The molecule has 0 saturated carbocycles. The molecular weight excluding hydrogens is 262 g/mol. The zero-order chi connectivity index (χ0) is 15.5.